The zero-order chi connectivity index (χ0) is 12.8. The van der Waals surface area contributed by atoms with Crippen LogP contribution in [-0.2, 0) is 0 Å². The molecule has 2 aromatic rings. The quantitative estimate of drug-likeness (QED) is 0.568. The smallest absolute Gasteiger partial charge is 0.0991 e. The second-order valence-electron chi connectivity index (χ2n) is 3.67. The van der Waals surface area contributed by atoms with Crippen LogP contribution in [0.4, 0.5) is 0 Å². The maximum atomic E-state index is 8.70. The van der Waals surface area contributed by atoms with Crippen LogP contribution in [0, 0.1) is 23.2 Å². The molecule has 0 saturated heterocycles. The van der Waals surface area contributed by atoms with Crippen molar-refractivity contribution in [1.82, 2.24) is 0 Å². The van der Waals surface area contributed by atoms with Crippen molar-refractivity contribution >= 4 is 11.8 Å². The largest absolute Gasteiger partial charge is 0.192 e. The summed E-state index contributed by atoms with van der Waals surface area (Å²) in [6.07, 6.45) is 2.05. The molecular weight excluding hydrogens is 238 g/mol. The number of benzene rings is 2. The zero-order valence-corrected chi connectivity index (χ0v) is 10.8. The maximum Gasteiger partial charge on any atom is 0.0991 e. The molecule has 86 valence electrons. The van der Waals surface area contributed by atoms with Gasteiger partial charge in [0.25, 0.3) is 0 Å². The Labute approximate surface area is 111 Å². The molecule has 0 heterocycles. The van der Waals surface area contributed by atoms with E-state index in [1.807, 2.05) is 24.3 Å². The Kier molecular flexibility index (Phi) is 4.07. The molecule has 0 aromatic heterocycles. The molecule has 0 aliphatic heterocycles. The van der Waals surface area contributed by atoms with Gasteiger partial charge in [-0.2, -0.15) is 5.26 Å². The third-order valence-electron chi connectivity index (χ3n) is 2.46. The molecule has 0 amide bonds. The molecule has 0 bridgehead atoms. The van der Waals surface area contributed by atoms with Gasteiger partial charge >= 0.3 is 0 Å². The highest BCUT2D eigenvalue weighted by molar-refractivity contribution is 7.98. The summed E-state index contributed by atoms with van der Waals surface area (Å²) < 4.78 is 0. The first-order valence-electron chi connectivity index (χ1n) is 5.48. The SMILES string of the molecule is CSc1ccc(C#Cc2ccc(C#N)cc2)cc1. The predicted molar refractivity (Wildman–Crippen MR) is 75.4 cm³/mol. The Bertz CT molecular complexity index is 622. The first-order valence-corrected chi connectivity index (χ1v) is 6.70. The number of nitriles is 1. The number of hydrogen-bond acceptors (Lipinski definition) is 2. The van der Waals surface area contributed by atoms with Crippen LogP contribution in [0.2, 0.25) is 0 Å². The molecule has 0 aliphatic carbocycles. The lowest BCUT2D eigenvalue weighted by Gasteiger charge is -1.95. The van der Waals surface area contributed by atoms with Crippen molar-refractivity contribution < 1.29 is 0 Å². The van der Waals surface area contributed by atoms with Gasteiger partial charge in [-0.3, -0.25) is 0 Å². The highest BCUT2D eigenvalue weighted by atomic mass is 32.2. The van der Waals surface area contributed by atoms with Gasteiger partial charge in [0.15, 0.2) is 0 Å². The van der Waals surface area contributed by atoms with Crippen LogP contribution in [-0.4, -0.2) is 6.26 Å². The molecule has 0 spiro atoms. The summed E-state index contributed by atoms with van der Waals surface area (Å²) in [5.41, 5.74) is 2.57. The lowest BCUT2D eigenvalue weighted by atomic mass is 10.1. The molecule has 0 N–H and O–H groups in total. The summed E-state index contributed by atoms with van der Waals surface area (Å²) >= 11 is 1.72. The summed E-state index contributed by atoms with van der Waals surface area (Å²) in [6, 6.07) is 17.5. The van der Waals surface area contributed by atoms with Crippen molar-refractivity contribution in [3.63, 3.8) is 0 Å². The molecule has 18 heavy (non-hydrogen) atoms. The topological polar surface area (TPSA) is 23.8 Å². The fraction of sp³-hybridized carbons (Fsp3) is 0.0625. The van der Waals surface area contributed by atoms with Crippen LogP contribution in [0.25, 0.3) is 0 Å². The Balaban J connectivity index is 2.17. The summed E-state index contributed by atoms with van der Waals surface area (Å²) in [6.45, 7) is 0. The van der Waals surface area contributed by atoms with E-state index in [0.717, 1.165) is 11.1 Å². The van der Waals surface area contributed by atoms with Crippen LogP contribution in [0.15, 0.2) is 53.4 Å². The molecule has 2 rings (SSSR count). The Hall–Kier alpha value is -2.16. The van der Waals surface area contributed by atoms with Crippen LogP contribution in [0.1, 0.15) is 16.7 Å². The number of rotatable bonds is 1. The summed E-state index contributed by atoms with van der Waals surface area (Å²) in [4.78, 5) is 1.24. The molecule has 0 atom stereocenters. The average molecular weight is 249 g/mol. The lowest BCUT2D eigenvalue weighted by Crippen LogP contribution is -1.78. The van der Waals surface area contributed by atoms with Crippen molar-refractivity contribution in [3.8, 4) is 17.9 Å². The number of nitrogens with zero attached hydrogens (tertiary/aromatic N) is 1. The van der Waals surface area contributed by atoms with E-state index in [1.54, 1.807) is 23.9 Å². The van der Waals surface area contributed by atoms with Crippen molar-refractivity contribution in [1.29, 1.82) is 5.26 Å². The minimum atomic E-state index is 0.657. The van der Waals surface area contributed by atoms with Crippen LogP contribution < -0.4 is 0 Å². The van der Waals surface area contributed by atoms with E-state index in [1.165, 1.54) is 4.90 Å². The summed E-state index contributed by atoms with van der Waals surface area (Å²) in [7, 11) is 0. The van der Waals surface area contributed by atoms with Crippen molar-refractivity contribution in [2.75, 3.05) is 6.26 Å². The van der Waals surface area contributed by atoms with E-state index < -0.39 is 0 Å². The minimum Gasteiger partial charge on any atom is -0.192 e. The molecule has 2 aromatic carbocycles. The molecule has 0 radical (unpaired) electrons. The van der Waals surface area contributed by atoms with Crippen molar-refractivity contribution in [2.45, 2.75) is 4.90 Å². The van der Waals surface area contributed by atoms with Gasteiger partial charge in [-0.1, -0.05) is 11.8 Å². The van der Waals surface area contributed by atoms with E-state index in [2.05, 4.69) is 36.3 Å². The van der Waals surface area contributed by atoms with E-state index >= 15 is 0 Å². The fourth-order valence-electron chi connectivity index (χ4n) is 1.45. The molecule has 0 saturated carbocycles. The van der Waals surface area contributed by atoms with Crippen LogP contribution >= 0.6 is 11.8 Å². The Morgan fingerprint density at radius 1 is 0.778 bits per heavy atom. The average Bonchev–Trinajstić information content (AvgIpc) is 2.46. The van der Waals surface area contributed by atoms with E-state index in [9.17, 15) is 0 Å². The van der Waals surface area contributed by atoms with Crippen molar-refractivity contribution in [2.24, 2.45) is 0 Å². The molecule has 1 nitrogen and oxygen atoms in total. The van der Waals surface area contributed by atoms with E-state index in [0.29, 0.717) is 5.56 Å². The highest BCUT2D eigenvalue weighted by Crippen LogP contribution is 2.14. The second kappa shape index (κ2) is 5.96. The number of hydrogen-bond donors (Lipinski definition) is 0. The third kappa shape index (κ3) is 3.17. The predicted octanol–water partition coefficient (Wildman–Crippen LogP) is 3.68. The van der Waals surface area contributed by atoms with E-state index in [4.69, 9.17) is 5.26 Å². The standard InChI is InChI=1S/C16H11NS/c1-18-16-10-8-14(9-11-16)3-2-13-4-6-15(12-17)7-5-13/h4-11H,1H3. The normalized spacial score (nSPS) is 9.11. The molecule has 2 heteroatoms. The molecule has 0 aliphatic rings. The van der Waals surface area contributed by atoms with Crippen LogP contribution in [0.5, 0.6) is 0 Å². The molecular formula is C16H11NS. The Morgan fingerprint density at radius 3 is 1.67 bits per heavy atom. The van der Waals surface area contributed by atoms with Gasteiger partial charge < -0.3 is 0 Å². The van der Waals surface area contributed by atoms with Gasteiger partial charge in [-0.15, -0.1) is 11.8 Å². The van der Waals surface area contributed by atoms with Gasteiger partial charge in [0, 0.05) is 16.0 Å². The Morgan fingerprint density at radius 2 is 1.22 bits per heavy atom. The molecule has 0 unspecified atom stereocenters. The van der Waals surface area contributed by atoms with Gasteiger partial charge in [0.05, 0.1) is 11.6 Å². The van der Waals surface area contributed by atoms with Gasteiger partial charge in [-0.25, -0.2) is 0 Å². The first kappa shape index (κ1) is 12.3. The fourth-order valence-corrected chi connectivity index (χ4v) is 1.86. The van der Waals surface area contributed by atoms with Gasteiger partial charge in [0.1, 0.15) is 0 Å². The molecule has 0 fully saturated rings. The monoisotopic (exact) mass is 249 g/mol. The maximum absolute atomic E-state index is 8.70. The van der Waals surface area contributed by atoms with Gasteiger partial charge in [0.2, 0.25) is 0 Å². The minimum absolute atomic E-state index is 0.657. The highest BCUT2D eigenvalue weighted by Gasteiger charge is 1.91. The zero-order valence-electron chi connectivity index (χ0n) is 9.97. The third-order valence-corrected chi connectivity index (χ3v) is 3.20. The van der Waals surface area contributed by atoms with Gasteiger partial charge in [-0.05, 0) is 54.8 Å². The van der Waals surface area contributed by atoms with E-state index in [-0.39, 0.29) is 0 Å². The first-order chi connectivity index (χ1) is 8.81. The second-order valence-corrected chi connectivity index (χ2v) is 4.55. The summed E-state index contributed by atoms with van der Waals surface area (Å²) in [5, 5.41) is 8.70. The summed E-state index contributed by atoms with van der Waals surface area (Å²) in [5.74, 6) is 6.19. The van der Waals surface area contributed by atoms with Crippen LogP contribution in [0.3, 0.4) is 0 Å². The number of thioether (sulfide) groups is 1. The van der Waals surface area contributed by atoms with Crippen molar-refractivity contribution in [3.05, 3.63) is 65.2 Å². The lowest BCUT2D eigenvalue weighted by molar-refractivity contribution is 1.45.